The minimum atomic E-state index is -0.816. The van der Waals surface area contributed by atoms with Gasteiger partial charge in [0.25, 0.3) is 5.56 Å². The van der Waals surface area contributed by atoms with Gasteiger partial charge in [-0.15, -0.1) is 0 Å². The zero-order chi connectivity index (χ0) is 27.8. The van der Waals surface area contributed by atoms with Crippen LogP contribution in [0.3, 0.4) is 0 Å². The molecule has 5 aromatic rings. The molecule has 0 aliphatic carbocycles. The fourth-order valence-electron chi connectivity index (χ4n) is 5.27. The molecule has 10 heteroatoms. The van der Waals surface area contributed by atoms with E-state index in [1.165, 1.54) is 4.57 Å². The SMILES string of the molecule is Cc1nc2c(NC(=O)CCc3nc4ccccc4n3-c3ccccc3)cccc2c(=O)n1C1CCC(=O)NC1=O. The molecule has 0 radical (unpaired) electrons. The Morgan fingerprint density at radius 1 is 0.975 bits per heavy atom. The topological polar surface area (TPSA) is 128 Å². The lowest BCUT2D eigenvalue weighted by molar-refractivity contribution is -0.135. The Labute approximate surface area is 228 Å². The first-order chi connectivity index (χ1) is 19.4. The van der Waals surface area contributed by atoms with E-state index in [1.54, 1.807) is 25.1 Å². The lowest BCUT2D eigenvalue weighted by Gasteiger charge is -2.24. The van der Waals surface area contributed by atoms with E-state index < -0.39 is 17.5 Å². The smallest absolute Gasteiger partial charge is 0.262 e. The quantitative estimate of drug-likeness (QED) is 0.321. The van der Waals surface area contributed by atoms with Crippen LogP contribution < -0.4 is 16.2 Å². The Kier molecular flexibility index (Phi) is 6.43. The van der Waals surface area contributed by atoms with Crippen molar-refractivity contribution < 1.29 is 14.4 Å². The number of nitrogens with zero attached hydrogens (tertiary/aromatic N) is 4. The number of nitrogens with one attached hydrogen (secondary N) is 2. The van der Waals surface area contributed by atoms with Crippen LogP contribution in [0.4, 0.5) is 5.69 Å². The van der Waals surface area contributed by atoms with Gasteiger partial charge in [0.2, 0.25) is 17.7 Å². The second-order valence-electron chi connectivity index (χ2n) is 9.74. The Morgan fingerprint density at radius 2 is 1.75 bits per heavy atom. The third-order valence-electron chi connectivity index (χ3n) is 7.12. The number of amides is 3. The minimum Gasteiger partial charge on any atom is -0.324 e. The molecular weight excluding hydrogens is 508 g/mol. The maximum Gasteiger partial charge on any atom is 0.262 e. The van der Waals surface area contributed by atoms with Crippen LogP contribution in [0.15, 0.2) is 77.6 Å². The number of piperidine rings is 1. The summed E-state index contributed by atoms with van der Waals surface area (Å²) in [6, 6.07) is 21.9. The highest BCUT2D eigenvalue weighted by atomic mass is 16.2. The average molecular weight is 535 g/mol. The van der Waals surface area contributed by atoms with Crippen LogP contribution in [0.2, 0.25) is 0 Å². The first-order valence-electron chi connectivity index (χ1n) is 13.1. The van der Waals surface area contributed by atoms with Gasteiger partial charge in [-0.3, -0.25) is 33.6 Å². The molecule has 40 heavy (non-hydrogen) atoms. The van der Waals surface area contributed by atoms with Gasteiger partial charge in [-0.2, -0.15) is 0 Å². The van der Waals surface area contributed by atoms with E-state index in [9.17, 15) is 19.2 Å². The number of aromatic nitrogens is 4. The van der Waals surface area contributed by atoms with E-state index in [4.69, 9.17) is 4.98 Å². The van der Waals surface area contributed by atoms with Crippen molar-refractivity contribution >= 4 is 45.3 Å². The number of imide groups is 1. The van der Waals surface area contributed by atoms with Crippen molar-refractivity contribution in [1.29, 1.82) is 0 Å². The largest absolute Gasteiger partial charge is 0.324 e. The molecule has 3 heterocycles. The van der Waals surface area contributed by atoms with Crippen molar-refractivity contribution in [3.05, 3.63) is 94.8 Å². The number of hydrogen-bond acceptors (Lipinski definition) is 6. The Balaban J connectivity index is 1.26. The van der Waals surface area contributed by atoms with Gasteiger partial charge in [0.15, 0.2) is 0 Å². The highest BCUT2D eigenvalue weighted by molar-refractivity contribution is 6.01. The second kappa shape index (κ2) is 10.2. The van der Waals surface area contributed by atoms with Gasteiger partial charge < -0.3 is 5.32 Å². The molecule has 3 aromatic carbocycles. The first-order valence-corrected chi connectivity index (χ1v) is 13.1. The zero-order valence-electron chi connectivity index (χ0n) is 21.8. The Hall–Kier alpha value is -5.12. The van der Waals surface area contributed by atoms with Gasteiger partial charge in [0.1, 0.15) is 23.2 Å². The molecule has 200 valence electrons. The molecule has 2 N–H and O–H groups in total. The second-order valence-corrected chi connectivity index (χ2v) is 9.74. The van der Waals surface area contributed by atoms with Crippen molar-refractivity contribution in [2.45, 2.75) is 38.6 Å². The fourth-order valence-corrected chi connectivity index (χ4v) is 5.27. The van der Waals surface area contributed by atoms with Crippen LogP contribution in [0, 0.1) is 6.92 Å². The number of hydrogen-bond donors (Lipinski definition) is 2. The van der Waals surface area contributed by atoms with Crippen LogP contribution in [-0.2, 0) is 20.8 Å². The highest BCUT2D eigenvalue weighted by Crippen LogP contribution is 2.25. The number of anilines is 1. The molecule has 2 aromatic heterocycles. The molecular formula is C30H26N6O4. The number of benzene rings is 3. The summed E-state index contributed by atoms with van der Waals surface area (Å²) in [5.74, 6) is -0.0292. The predicted octanol–water partition coefficient (Wildman–Crippen LogP) is 3.59. The number of fused-ring (bicyclic) bond motifs is 2. The van der Waals surface area contributed by atoms with Crippen molar-refractivity contribution in [1.82, 2.24) is 24.4 Å². The van der Waals surface area contributed by atoms with Gasteiger partial charge in [0, 0.05) is 24.9 Å². The summed E-state index contributed by atoms with van der Waals surface area (Å²) in [5.41, 5.74) is 3.14. The molecule has 1 aliphatic rings. The number of para-hydroxylation sites is 4. The van der Waals surface area contributed by atoms with E-state index in [1.807, 2.05) is 54.6 Å². The summed E-state index contributed by atoms with van der Waals surface area (Å²) in [4.78, 5) is 59.9. The number of carbonyl (C=O) groups is 3. The standard InChI is InChI=1S/C30H26N6O4/c1-18-31-28-20(30(40)35(18)24-14-16-27(38)34-29(24)39)10-7-12-22(28)33-26(37)17-15-25-32-21-11-5-6-13-23(21)36(25)19-8-3-2-4-9-19/h2-13,24H,14-17H2,1H3,(H,33,37)(H,34,38,39). The van der Waals surface area contributed by atoms with Gasteiger partial charge in [0.05, 0.1) is 22.1 Å². The Morgan fingerprint density at radius 3 is 2.55 bits per heavy atom. The van der Waals surface area contributed by atoms with Gasteiger partial charge in [-0.05, 0) is 49.7 Å². The van der Waals surface area contributed by atoms with Crippen LogP contribution in [0.25, 0.3) is 27.6 Å². The predicted molar refractivity (Wildman–Crippen MR) is 150 cm³/mol. The van der Waals surface area contributed by atoms with Gasteiger partial charge >= 0.3 is 0 Å². The molecule has 1 atom stereocenters. The third kappa shape index (κ3) is 4.53. The number of imidazole rings is 1. The van der Waals surface area contributed by atoms with Gasteiger partial charge in [-0.1, -0.05) is 36.4 Å². The number of rotatable bonds is 6. The average Bonchev–Trinajstić information content (AvgIpc) is 3.32. The third-order valence-corrected chi connectivity index (χ3v) is 7.12. The molecule has 1 unspecified atom stereocenters. The molecule has 0 spiro atoms. The molecule has 0 saturated carbocycles. The van der Waals surface area contributed by atoms with E-state index in [0.717, 1.165) is 22.5 Å². The fraction of sp³-hybridized carbons (Fsp3) is 0.200. The molecule has 3 amide bonds. The normalized spacial score (nSPS) is 15.4. The van der Waals surface area contributed by atoms with E-state index in [2.05, 4.69) is 20.2 Å². The lowest BCUT2D eigenvalue weighted by atomic mass is 10.1. The summed E-state index contributed by atoms with van der Waals surface area (Å²) in [6.45, 7) is 1.64. The van der Waals surface area contributed by atoms with Crippen molar-refractivity contribution in [3.8, 4) is 5.69 Å². The summed E-state index contributed by atoms with van der Waals surface area (Å²) in [7, 11) is 0. The zero-order valence-corrected chi connectivity index (χ0v) is 21.8. The molecule has 1 saturated heterocycles. The molecule has 1 fully saturated rings. The van der Waals surface area contributed by atoms with Crippen LogP contribution >= 0.6 is 0 Å². The van der Waals surface area contributed by atoms with Crippen molar-refractivity contribution in [2.75, 3.05) is 5.32 Å². The summed E-state index contributed by atoms with van der Waals surface area (Å²) < 4.78 is 3.38. The maximum atomic E-state index is 13.4. The lowest BCUT2D eigenvalue weighted by Crippen LogP contribution is -2.45. The van der Waals surface area contributed by atoms with Crippen LogP contribution in [-0.4, -0.2) is 36.8 Å². The molecule has 6 rings (SSSR count). The molecule has 10 nitrogen and oxygen atoms in total. The maximum absolute atomic E-state index is 13.4. The number of carbonyl (C=O) groups excluding carboxylic acids is 3. The van der Waals surface area contributed by atoms with Crippen LogP contribution in [0.5, 0.6) is 0 Å². The van der Waals surface area contributed by atoms with E-state index in [0.29, 0.717) is 23.4 Å². The van der Waals surface area contributed by atoms with Gasteiger partial charge in [-0.25, -0.2) is 9.97 Å². The number of aryl methyl sites for hydroxylation is 2. The highest BCUT2D eigenvalue weighted by Gasteiger charge is 2.30. The molecule has 1 aliphatic heterocycles. The summed E-state index contributed by atoms with van der Waals surface area (Å²) >= 11 is 0. The first kappa shape index (κ1) is 25.2. The van der Waals surface area contributed by atoms with Crippen molar-refractivity contribution in [3.63, 3.8) is 0 Å². The monoisotopic (exact) mass is 534 g/mol. The molecule has 0 bridgehead atoms. The summed E-state index contributed by atoms with van der Waals surface area (Å²) in [5, 5.41) is 5.47. The minimum absolute atomic E-state index is 0.147. The van der Waals surface area contributed by atoms with E-state index in [-0.39, 0.29) is 36.5 Å². The van der Waals surface area contributed by atoms with Crippen molar-refractivity contribution in [2.24, 2.45) is 0 Å². The Bertz CT molecular complexity index is 1860. The van der Waals surface area contributed by atoms with Crippen LogP contribution in [0.1, 0.15) is 37.0 Å². The summed E-state index contributed by atoms with van der Waals surface area (Å²) in [6.07, 6.45) is 0.936. The van der Waals surface area contributed by atoms with E-state index >= 15 is 0 Å².